The fourth-order valence-electron chi connectivity index (χ4n) is 3.01. The van der Waals surface area contributed by atoms with Crippen molar-refractivity contribution in [3.63, 3.8) is 0 Å². The van der Waals surface area contributed by atoms with E-state index < -0.39 is 10.0 Å². The topological polar surface area (TPSA) is 91.4 Å². The number of hydrogen-bond acceptors (Lipinski definition) is 4. The summed E-state index contributed by atoms with van der Waals surface area (Å²) in [6.07, 6.45) is 0. The largest absolute Gasteiger partial charge is 0.484 e. The number of halogens is 1. The smallest absolute Gasteiger partial charge is 0.238 e. The highest BCUT2D eigenvalue weighted by Gasteiger charge is 2.18. The molecule has 0 aliphatic rings. The maximum Gasteiger partial charge on any atom is 0.238 e. The van der Waals surface area contributed by atoms with Crippen molar-refractivity contribution in [3.8, 4) is 11.4 Å². The molecule has 2 N–H and O–H groups in total. The number of Topliss-reactive ketones (excluding diaryl/α,β-unsaturated/α-hetero) is 1. The first-order chi connectivity index (χ1) is 13.2. The van der Waals surface area contributed by atoms with Gasteiger partial charge in [-0.15, -0.1) is 0 Å². The van der Waals surface area contributed by atoms with E-state index >= 15 is 0 Å². The molecule has 146 valence electrons. The van der Waals surface area contributed by atoms with Crippen molar-refractivity contribution in [2.24, 2.45) is 5.14 Å². The van der Waals surface area contributed by atoms with Gasteiger partial charge in [-0.2, -0.15) is 0 Å². The molecule has 6 nitrogen and oxygen atoms in total. The van der Waals surface area contributed by atoms with Crippen LogP contribution in [0.3, 0.4) is 0 Å². The van der Waals surface area contributed by atoms with Gasteiger partial charge in [-0.3, -0.25) is 4.79 Å². The van der Waals surface area contributed by atoms with Crippen LogP contribution in [-0.4, -0.2) is 25.4 Å². The Morgan fingerprint density at radius 2 is 1.75 bits per heavy atom. The Labute approximate surface area is 168 Å². The zero-order valence-corrected chi connectivity index (χ0v) is 16.9. The molecule has 0 bridgehead atoms. The van der Waals surface area contributed by atoms with Crippen LogP contribution in [0.5, 0.6) is 5.75 Å². The fraction of sp³-hybridized carbons (Fsp3) is 0.150. The van der Waals surface area contributed by atoms with E-state index in [2.05, 4.69) is 0 Å². The molecule has 1 aromatic heterocycles. The third-order valence-corrected chi connectivity index (χ3v) is 5.59. The first-order valence-corrected chi connectivity index (χ1v) is 10.3. The Hall–Kier alpha value is -2.61. The van der Waals surface area contributed by atoms with Crippen molar-refractivity contribution < 1.29 is 17.9 Å². The highest BCUT2D eigenvalue weighted by molar-refractivity contribution is 7.89. The Morgan fingerprint density at radius 3 is 2.36 bits per heavy atom. The first kappa shape index (κ1) is 20.1. The molecule has 3 aromatic rings. The number of carbonyl (C=O) groups excluding carboxylic acids is 1. The van der Waals surface area contributed by atoms with Crippen LogP contribution in [0.4, 0.5) is 0 Å². The summed E-state index contributed by atoms with van der Waals surface area (Å²) in [5, 5.41) is 5.58. The van der Waals surface area contributed by atoms with E-state index in [-0.39, 0.29) is 17.3 Å². The average Bonchev–Trinajstić information content (AvgIpc) is 2.94. The van der Waals surface area contributed by atoms with Crippen molar-refractivity contribution in [1.82, 2.24) is 4.57 Å². The predicted molar refractivity (Wildman–Crippen MR) is 108 cm³/mol. The highest BCUT2D eigenvalue weighted by atomic mass is 35.5. The molecule has 0 spiro atoms. The Morgan fingerprint density at radius 1 is 1.11 bits per heavy atom. The van der Waals surface area contributed by atoms with Crippen molar-refractivity contribution >= 4 is 27.4 Å². The molecule has 0 fully saturated rings. The number of ketones is 1. The molecule has 3 rings (SSSR count). The van der Waals surface area contributed by atoms with Gasteiger partial charge in [0, 0.05) is 22.6 Å². The normalized spacial score (nSPS) is 11.4. The van der Waals surface area contributed by atoms with E-state index in [1.54, 1.807) is 42.5 Å². The maximum absolute atomic E-state index is 12.7. The molecule has 0 atom stereocenters. The van der Waals surface area contributed by atoms with Gasteiger partial charge >= 0.3 is 0 Å². The monoisotopic (exact) mass is 418 g/mol. The summed E-state index contributed by atoms with van der Waals surface area (Å²) in [4.78, 5) is 12.7. The minimum Gasteiger partial charge on any atom is -0.484 e. The van der Waals surface area contributed by atoms with Gasteiger partial charge in [0.2, 0.25) is 15.8 Å². The molecular weight excluding hydrogens is 400 g/mol. The van der Waals surface area contributed by atoms with Gasteiger partial charge < -0.3 is 9.30 Å². The number of sulfonamides is 1. The number of carbonyl (C=O) groups is 1. The molecule has 0 amide bonds. The Bertz CT molecular complexity index is 1140. The van der Waals surface area contributed by atoms with Crippen LogP contribution in [0.1, 0.15) is 21.7 Å². The van der Waals surface area contributed by atoms with Crippen LogP contribution in [0, 0.1) is 13.8 Å². The number of hydrogen-bond donors (Lipinski definition) is 1. The molecule has 0 saturated carbocycles. The third kappa shape index (κ3) is 4.11. The van der Waals surface area contributed by atoms with Gasteiger partial charge in [-0.05, 0) is 56.3 Å². The summed E-state index contributed by atoms with van der Waals surface area (Å²) in [7, 11) is -3.76. The molecule has 0 aliphatic heterocycles. The zero-order chi connectivity index (χ0) is 20.5. The molecule has 0 radical (unpaired) electrons. The molecule has 8 heteroatoms. The van der Waals surface area contributed by atoms with E-state index in [1.807, 2.05) is 18.4 Å². The molecule has 2 aromatic carbocycles. The number of nitrogens with two attached hydrogens (primary N) is 1. The number of rotatable bonds is 6. The van der Waals surface area contributed by atoms with Crippen molar-refractivity contribution in [2.45, 2.75) is 18.7 Å². The molecule has 0 saturated heterocycles. The SMILES string of the molecule is Cc1cc(C(=O)COc2ccccc2Cl)c(C)n1-c1ccc(S(N)(=O)=O)cc1. The van der Waals surface area contributed by atoms with Crippen LogP contribution in [0.15, 0.2) is 59.5 Å². The van der Waals surface area contributed by atoms with Crippen LogP contribution in [0.2, 0.25) is 5.02 Å². The number of benzene rings is 2. The second kappa shape index (κ2) is 7.79. The standard InChI is InChI=1S/C20H19ClN2O4S/c1-13-11-17(19(24)12-27-20-6-4-3-5-18(20)21)14(2)23(13)15-7-9-16(10-8-15)28(22,25)26/h3-11H,12H2,1-2H3,(H2,22,25,26). The predicted octanol–water partition coefficient (Wildman–Crippen LogP) is 3.66. The van der Waals surface area contributed by atoms with Gasteiger partial charge in [0.15, 0.2) is 6.61 Å². The Balaban J connectivity index is 1.85. The van der Waals surface area contributed by atoms with Crippen LogP contribution >= 0.6 is 11.6 Å². The van der Waals surface area contributed by atoms with E-state index in [9.17, 15) is 13.2 Å². The summed E-state index contributed by atoms with van der Waals surface area (Å²) >= 11 is 6.05. The molecule has 0 aliphatic carbocycles. The van der Waals surface area contributed by atoms with Gasteiger partial charge in [0.05, 0.1) is 9.92 Å². The summed E-state index contributed by atoms with van der Waals surface area (Å²) in [5.74, 6) is 0.269. The molecule has 1 heterocycles. The van der Waals surface area contributed by atoms with Crippen molar-refractivity contribution in [1.29, 1.82) is 0 Å². The van der Waals surface area contributed by atoms with Gasteiger partial charge in [0.1, 0.15) is 5.75 Å². The van der Waals surface area contributed by atoms with Crippen LogP contribution in [-0.2, 0) is 10.0 Å². The second-order valence-corrected chi connectivity index (χ2v) is 8.27. The van der Waals surface area contributed by atoms with Crippen molar-refractivity contribution in [3.05, 3.63) is 76.6 Å². The first-order valence-electron chi connectivity index (χ1n) is 8.41. The molecular formula is C20H19ClN2O4S. The Kier molecular flexibility index (Phi) is 5.60. The second-order valence-electron chi connectivity index (χ2n) is 6.30. The summed E-state index contributed by atoms with van der Waals surface area (Å²) < 4.78 is 30.3. The summed E-state index contributed by atoms with van der Waals surface area (Å²) in [6, 6.07) is 14.9. The van der Waals surface area contributed by atoms with E-state index in [1.165, 1.54) is 12.1 Å². The number of para-hydroxylation sites is 1. The van der Waals surface area contributed by atoms with E-state index in [4.69, 9.17) is 21.5 Å². The minimum absolute atomic E-state index is 0.0307. The molecule has 0 unspecified atom stereocenters. The average molecular weight is 419 g/mol. The number of nitrogens with zero attached hydrogens (tertiary/aromatic N) is 1. The lowest BCUT2D eigenvalue weighted by molar-refractivity contribution is 0.0921. The highest BCUT2D eigenvalue weighted by Crippen LogP contribution is 2.25. The number of primary sulfonamides is 1. The lowest BCUT2D eigenvalue weighted by Gasteiger charge is -2.11. The number of aromatic nitrogens is 1. The van der Waals surface area contributed by atoms with E-state index in [0.29, 0.717) is 16.3 Å². The fourth-order valence-corrected chi connectivity index (χ4v) is 3.72. The van der Waals surface area contributed by atoms with Gasteiger partial charge in [0.25, 0.3) is 0 Å². The third-order valence-electron chi connectivity index (χ3n) is 4.35. The maximum atomic E-state index is 12.7. The lowest BCUT2D eigenvalue weighted by Crippen LogP contribution is -2.13. The van der Waals surface area contributed by atoms with Gasteiger partial charge in [-0.1, -0.05) is 23.7 Å². The van der Waals surface area contributed by atoms with Crippen LogP contribution in [0.25, 0.3) is 5.69 Å². The van der Waals surface area contributed by atoms with Crippen molar-refractivity contribution in [2.75, 3.05) is 6.61 Å². The number of ether oxygens (including phenoxy) is 1. The lowest BCUT2D eigenvalue weighted by atomic mass is 10.1. The van der Waals surface area contributed by atoms with Crippen LogP contribution < -0.4 is 9.88 Å². The summed E-state index contributed by atoms with van der Waals surface area (Å²) in [6.45, 7) is 3.55. The minimum atomic E-state index is -3.76. The number of aryl methyl sites for hydroxylation is 1. The zero-order valence-electron chi connectivity index (χ0n) is 15.3. The molecule has 28 heavy (non-hydrogen) atoms. The summed E-state index contributed by atoms with van der Waals surface area (Å²) in [5.41, 5.74) is 2.82. The quantitative estimate of drug-likeness (QED) is 0.618. The van der Waals surface area contributed by atoms with Gasteiger partial charge in [-0.25, -0.2) is 13.6 Å². The van der Waals surface area contributed by atoms with E-state index in [0.717, 1.165) is 17.1 Å².